The van der Waals surface area contributed by atoms with Crippen LogP contribution in [0.25, 0.3) is 11.3 Å². The standard InChI is InChI=1S/C23H27F2N5O2/c1-23(10-31-11-23)9-30-7-14-15(8-30)19(14)17-5-16(28-21(29-17)12-2-3-12)13-4-18(32-22(24)25)20(26)27-6-13/h4-6,12,14-15,19,22H,2-3,7-11H2,1H3,(H2,26,27)/t14-,15+,19?. The number of hydrogen-bond donors (Lipinski definition) is 1. The van der Waals surface area contributed by atoms with Gasteiger partial charge in [0.2, 0.25) is 0 Å². The van der Waals surface area contributed by atoms with Crippen LogP contribution in [-0.2, 0) is 4.74 Å². The van der Waals surface area contributed by atoms with E-state index in [0.29, 0.717) is 40.3 Å². The van der Waals surface area contributed by atoms with E-state index in [1.807, 2.05) is 6.07 Å². The van der Waals surface area contributed by atoms with E-state index in [2.05, 4.69) is 21.5 Å². The van der Waals surface area contributed by atoms with Gasteiger partial charge in [-0.15, -0.1) is 0 Å². The number of fused-ring (bicyclic) bond motifs is 1. The molecule has 6 rings (SSSR count). The first-order valence-corrected chi connectivity index (χ1v) is 11.3. The minimum atomic E-state index is -2.96. The van der Waals surface area contributed by atoms with E-state index in [-0.39, 0.29) is 11.6 Å². The van der Waals surface area contributed by atoms with Crippen molar-refractivity contribution in [2.24, 2.45) is 17.3 Å². The van der Waals surface area contributed by atoms with E-state index in [0.717, 1.165) is 57.2 Å². The number of nitrogen functional groups attached to an aromatic ring is 1. The summed E-state index contributed by atoms with van der Waals surface area (Å²) in [6, 6.07) is 3.49. The van der Waals surface area contributed by atoms with Crippen LogP contribution in [0.4, 0.5) is 14.6 Å². The highest BCUT2D eigenvalue weighted by Gasteiger charge is 2.58. The molecule has 9 heteroatoms. The van der Waals surface area contributed by atoms with Crippen molar-refractivity contribution >= 4 is 5.82 Å². The van der Waals surface area contributed by atoms with E-state index >= 15 is 0 Å². The van der Waals surface area contributed by atoms with Gasteiger partial charge in [0.1, 0.15) is 5.82 Å². The van der Waals surface area contributed by atoms with Gasteiger partial charge in [-0.3, -0.25) is 0 Å². The second-order valence-corrected chi connectivity index (χ2v) is 10.1. The molecule has 0 bridgehead atoms. The van der Waals surface area contributed by atoms with E-state index in [4.69, 9.17) is 20.4 Å². The Balaban J connectivity index is 1.24. The molecule has 2 N–H and O–H groups in total. The molecule has 2 saturated heterocycles. The summed E-state index contributed by atoms with van der Waals surface area (Å²) in [5.74, 6) is 2.74. The van der Waals surface area contributed by atoms with Crippen LogP contribution < -0.4 is 10.5 Å². The Morgan fingerprint density at radius 3 is 2.59 bits per heavy atom. The molecular weight excluding hydrogens is 416 g/mol. The van der Waals surface area contributed by atoms with Crippen molar-refractivity contribution in [2.45, 2.75) is 38.2 Å². The highest BCUT2D eigenvalue weighted by Crippen LogP contribution is 2.58. The van der Waals surface area contributed by atoms with Crippen molar-refractivity contribution in [3.63, 3.8) is 0 Å². The summed E-state index contributed by atoms with van der Waals surface area (Å²) >= 11 is 0. The number of halogens is 2. The average Bonchev–Trinajstić information content (AvgIpc) is 3.65. The molecular formula is C23H27F2N5O2. The molecule has 4 heterocycles. The van der Waals surface area contributed by atoms with Crippen molar-refractivity contribution < 1.29 is 18.3 Å². The Labute approximate surface area is 185 Å². The fourth-order valence-electron chi connectivity index (χ4n) is 5.38. The second kappa shape index (κ2) is 7.31. The Morgan fingerprint density at radius 1 is 1.22 bits per heavy atom. The summed E-state index contributed by atoms with van der Waals surface area (Å²) in [5, 5.41) is 0. The fraction of sp³-hybridized carbons (Fsp3) is 0.609. The number of anilines is 1. The molecule has 4 fully saturated rings. The fourth-order valence-corrected chi connectivity index (χ4v) is 5.38. The molecule has 2 aliphatic carbocycles. The summed E-state index contributed by atoms with van der Waals surface area (Å²) in [6.07, 6.45) is 3.75. The van der Waals surface area contributed by atoms with Crippen LogP contribution in [0.1, 0.15) is 43.1 Å². The van der Waals surface area contributed by atoms with Gasteiger partial charge in [0.25, 0.3) is 0 Å². The maximum absolute atomic E-state index is 12.7. The molecule has 0 spiro atoms. The summed E-state index contributed by atoms with van der Waals surface area (Å²) < 4.78 is 35.4. The lowest BCUT2D eigenvalue weighted by atomic mass is 9.88. The normalized spacial score (nSPS) is 28.4. The number of likely N-dealkylation sites (tertiary alicyclic amines) is 1. The number of nitrogens with zero attached hydrogens (tertiary/aromatic N) is 4. The van der Waals surface area contributed by atoms with Crippen LogP contribution in [0, 0.1) is 17.3 Å². The predicted molar refractivity (Wildman–Crippen MR) is 113 cm³/mol. The number of alkyl halides is 2. The van der Waals surface area contributed by atoms with Crippen molar-refractivity contribution in [1.82, 2.24) is 19.9 Å². The molecule has 0 radical (unpaired) electrons. The molecule has 32 heavy (non-hydrogen) atoms. The Kier molecular flexibility index (Phi) is 4.62. The highest BCUT2D eigenvalue weighted by molar-refractivity contribution is 5.64. The van der Waals surface area contributed by atoms with E-state index in [9.17, 15) is 8.78 Å². The lowest BCUT2D eigenvalue weighted by molar-refractivity contribution is -0.114. The minimum absolute atomic E-state index is 0.0619. The number of pyridine rings is 1. The first-order valence-electron chi connectivity index (χ1n) is 11.3. The molecule has 0 aromatic carbocycles. The lowest BCUT2D eigenvalue weighted by Gasteiger charge is -2.41. The van der Waals surface area contributed by atoms with Gasteiger partial charge in [-0.05, 0) is 36.8 Å². The lowest BCUT2D eigenvalue weighted by Crippen LogP contribution is -2.48. The number of nitrogens with two attached hydrogens (primary N) is 1. The number of hydrogen-bond acceptors (Lipinski definition) is 7. The molecule has 3 atom stereocenters. The zero-order chi connectivity index (χ0) is 22.0. The van der Waals surface area contributed by atoms with E-state index in [1.165, 1.54) is 6.07 Å². The number of rotatable bonds is 7. The van der Waals surface area contributed by atoms with Crippen molar-refractivity contribution in [1.29, 1.82) is 0 Å². The van der Waals surface area contributed by atoms with Crippen molar-refractivity contribution in [2.75, 3.05) is 38.6 Å². The smallest absolute Gasteiger partial charge is 0.387 e. The molecule has 2 saturated carbocycles. The number of aromatic nitrogens is 3. The molecule has 2 aromatic rings. The third-order valence-corrected chi connectivity index (χ3v) is 7.22. The first kappa shape index (κ1) is 20.2. The molecule has 0 amide bonds. The Morgan fingerprint density at radius 2 is 1.97 bits per heavy atom. The molecule has 4 aliphatic rings. The van der Waals surface area contributed by atoms with Crippen LogP contribution in [0.2, 0.25) is 0 Å². The maximum atomic E-state index is 12.7. The predicted octanol–water partition coefficient (Wildman–Crippen LogP) is 3.28. The average molecular weight is 443 g/mol. The summed E-state index contributed by atoms with van der Waals surface area (Å²) in [6.45, 7) is 4.34. The molecule has 170 valence electrons. The van der Waals surface area contributed by atoms with Crippen LogP contribution in [0.5, 0.6) is 5.75 Å². The molecule has 7 nitrogen and oxygen atoms in total. The van der Waals surface area contributed by atoms with Crippen molar-refractivity contribution in [3.8, 4) is 17.0 Å². The number of piperidine rings is 1. The van der Waals surface area contributed by atoms with Gasteiger partial charge >= 0.3 is 6.61 Å². The third-order valence-electron chi connectivity index (χ3n) is 7.22. The summed E-state index contributed by atoms with van der Waals surface area (Å²) in [4.78, 5) is 16.3. The van der Waals surface area contributed by atoms with E-state index < -0.39 is 6.61 Å². The monoisotopic (exact) mass is 443 g/mol. The van der Waals surface area contributed by atoms with Gasteiger partial charge < -0.3 is 20.1 Å². The van der Waals surface area contributed by atoms with Gasteiger partial charge in [-0.1, -0.05) is 6.92 Å². The van der Waals surface area contributed by atoms with Crippen LogP contribution in [-0.4, -0.2) is 59.3 Å². The van der Waals surface area contributed by atoms with Gasteiger partial charge in [-0.25, -0.2) is 15.0 Å². The van der Waals surface area contributed by atoms with Crippen LogP contribution in [0.3, 0.4) is 0 Å². The highest BCUT2D eigenvalue weighted by atomic mass is 19.3. The van der Waals surface area contributed by atoms with E-state index in [1.54, 1.807) is 6.20 Å². The molecule has 2 aromatic heterocycles. The largest absolute Gasteiger partial charge is 0.431 e. The molecule has 1 unspecified atom stereocenters. The second-order valence-electron chi connectivity index (χ2n) is 10.1. The summed E-state index contributed by atoms with van der Waals surface area (Å²) in [5.41, 5.74) is 8.39. The van der Waals surface area contributed by atoms with Gasteiger partial charge in [0.05, 0.1) is 18.9 Å². The quantitative estimate of drug-likeness (QED) is 0.703. The SMILES string of the molecule is CC1(CN2C[C@@H]3C(c4cc(-c5cnc(N)c(OC(F)F)c5)nc(C5CC5)n4)[C@@H]3C2)COC1. The van der Waals surface area contributed by atoms with Gasteiger partial charge in [-0.2, -0.15) is 8.78 Å². The third kappa shape index (κ3) is 3.71. The zero-order valence-electron chi connectivity index (χ0n) is 18.0. The maximum Gasteiger partial charge on any atom is 0.387 e. The Bertz CT molecular complexity index is 1030. The van der Waals surface area contributed by atoms with Crippen LogP contribution in [0.15, 0.2) is 18.3 Å². The first-order chi connectivity index (χ1) is 15.4. The molecule has 2 aliphatic heterocycles. The number of ether oxygens (including phenoxy) is 2. The zero-order valence-corrected chi connectivity index (χ0v) is 18.0. The summed E-state index contributed by atoms with van der Waals surface area (Å²) in [7, 11) is 0. The Hall–Kier alpha value is -2.39. The minimum Gasteiger partial charge on any atom is -0.431 e. The van der Waals surface area contributed by atoms with Gasteiger partial charge in [0.15, 0.2) is 11.6 Å². The van der Waals surface area contributed by atoms with Crippen molar-refractivity contribution in [3.05, 3.63) is 29.8 Å². The van der Waals surface area contributed by atoms with Crippen LogP contribution >= 0.6 is 0 Å². The van der Waals surface area contributed by atoms with Gasteiger partial charge in [0, 0.05) is 54.3 Å². The topological polar surface area (TPSA) is 86.4 Å².